The van der Waals surface area contributed by atoms with E-state index in [2.05, 4.69) is 15.6 Å². The van der Waals surface area contributed by atoms with Gasteiger partial charge < -0.3 is 10.2 Å². The zero-order valence-electron chi connectivity index (χ0n) is 16.8. The first-order valence-electron chi connectivity index (χ1n) is 11.2. The van der Waals surface area contributed by atoms with Gasteiger partial charge in [-0.3, -0.25) is 9.59 Å². The lowest BCUT2D eigenvalue weighted by molar-refractivity contribution is -0.122. The number of hydrogen-bond acceptors (Lipinski definition) is 4. The van der Waals surface area contributed by atoms with Crippen molar-refractivity contribution in [3.63, 3.8) is 0 Å². The van der Waals surface area contributed by atoms with Gasteiger partial charge >= 0.3 is 0 Å². The van der Waals surface area contributed by atoms with E-state index in [1.54, 1.807) is 0 Å². The molecule has 1 aromatic heterocycles. The minimum Gasteiger partial charge on any atom is -0.353 e. The number of aromatic nitrogens is 3. The van der Waals surface area contributed by atoms with Gasteiger partial charge in [-0.1, -0.05) is 30.9 Å². The van der Waals surface area contributed by atoms with E-state index < -0.39 is 0 Å². The van der Waals surface area contributed by atoms with Gasteiger partial charge in [0.2, 0.25) is 5.91 Å². The second-order valence-corrected chi connectivity index (χ2v) is 8.85. The molecule has 2 aliphatic carbocycles. The van der Waals surface area contributed by atoms with Crippen LogP contribution < -0.4 is 5.32 Å². The molecular formula is C21H33N5O2. The molecule has 0 unspecified atom stereocenters. The first-order chi connectivity index (χ1) is 13.7. The Morgan fingerprint density at radius 1 is 1.00 bits per heavy atom. The van der Waals surface area contributed by atoms with Crippen LogP contribution in [-0.2, 0) is 4.79 Å². The Labute approximate surface area is 167 Å². The highest BCUT2D eigenvalue weighted by Gasteiger charge is 2.27. The molecule has 2 heterocycles. The monoisotopic (exact) mass is 387 g/mol. The normalized spacial score (nSPS) is 25.9. The van der Waals surface area contributed by atoms with E-state index in [1.807, 2.05) is 15.8 Å². The van der Waals surface area contributed by atoms with E-state index in [-0.39, 0.29) is 23.9 Å². The average Bonchev–Trinajstić information content (AvgIpc) is 3.49. The highest BCUT2D eigenvalue weighted by Crippen LogP contribution is 2.30. The summed E-state index contributed by atoms with van der Waals surface area (Å²) in [6, 6.07) is 0.556. The zero-order chi connectivity index (χ0) is 19.3. The van der Waals surface area contributed by atoms with Gasteiger partial charge in [-0.25, -0.2) is 4.68 Å². The molecule has 0 spiro atoms. The molecular weight excluding hydrogens is 354 g/mol. The lowest BCUT2D eigenvalue weighted by Crippen LogP contribution is -2.38. The molecule has 0 bridgehead atoms. The number of amides is 2. The molecule has 154 valence electrons. The maximum absolute atomic E-state index is 12.4. The third kappa shape index (κ3) is 4.73. The molecule has 2 amide bonds. The standard InChI is InChI=1S/C21H33N5O2/c27-20(12-7-16-5-1-2-6-16)22-17-8-10-18(11-9-17)26-15-19(23-24-26)21(28)25-13-3-4-14-25/h15-18H,1-14H2,(H,22,27). The van der Waals surface area contributed by atoms with Gasteiger partial charge in [0.15, 0.2) is 5.69 Å². The van der Waals surface area contributed by atoms with Crippen molar-refractivity contribution in [1.82, 2.24) is 25.2 Å². The molecule has 4 rings (SSSR count). The van der Waals surface area contributed by atoms with Gasteiger partial charge in [-0.2, -0.15) is 0 Å². The molecule has 2 saturated carbocycles. The van der Waals surface area contributed by atoms with E-state index in [0.717, 1.165) is 64.0 Å². The van der Waals surface area contributed by atoms with Gasteiger partial charge in [-0.15, -0.1) is 5.10 Å². The molecule has 0 atom stereocenters. The van der Waals surface area contributed by atoms with Crippen LogP contribution in [0.15, 0.2) is 6.20 Å². The van der Waals surface area contributed by atoms with Crippen LogP contribution in [0.3, 0.4) is 0 Å². The smallest absolute Gasteiger partial charge is 0.276 e. The third-order valence-electron chi connectivity index (χ3n) is 6.81. The van der Waals surface area contributed by atoms with Crippen molar-refractivity contribution >= 4 is 11.8 Å². The fraction of sp³-hybridized carbons (Fsp3) is 0.810. The molecule has 1 N–H and O–H groups in total. The Balaban J connectivity index is 1.20. The largest absolute Gasteiger partial charge is 0.353 e. The van der Waals surface area contributed by atoms with E-state index in [1.165, 1.54) is 25.7 Å². The van der Waals surface area contributed by atoms with E-state index in [0.29, 0.717) is 12.1 Å². The number of hydrogen-bond donors (Lipinski definition) is 1. The molecule has 1 aromatic rings. The highest BCUT2D eigenvalue weighted by molar-refractivity contribution is 5.92. The number of rotatable bonds is 6. The van der Waals surface area contributed by atoms with Gasteiger partial charge in [0, 0.05) is 25.6 Å². The first-order valence-corrected chi connectivity index (χ1v) is 11.2. The van der Waals surface area contributed by atoms with E-state index in [4.69, 9.17) is 0 Å². The maximum atomic E-state index is 12.4. The summed E-state index contributed by atoms with van der Waals surface area (Å²) < 4.78 is 1.86. The molecule has 1 aliphatic heterocycles. The molecule has 1 saturated heterocycles. The number of nitrogens with one attached hydrogen (secondary N) is 1. The van der Waals surface area contributed by atoms with E-state index in [9.17, 15) is 9.59 Å². The Kier molecular flexibility index (Phi) is 6.27. The van der Waals surface area contributed by atoms with Gasteiger partial charge in [0.25, 0.3) is 5.91 Å². The average molecular weight is 388 g/mol. The van der Waals surface area contributed by atoms with Crippen LogP contribution in [0.25, 0.3) is 0 Å². The predicted molar refractivity (Wildman–Crippen MR) is 106 cm³/mol. The van der Waals surface area contributed by atoms with Crippen LogP contribution >= 0.6 is 0 Å². The minimum absolute atomic E-state index is 0.00645. The molecule has 0 aromatic carbocycles. The Bertz CT molecular complexity index is 668. The summed E-state index contributed by atoms with van der Waals surface area (Å²) in [5, 5.41) is 11.6. The topological polar surface area (TPSA) is 80.1 Å². The fourth-order valence-electron chi connectivity index (χ4n) is 5.05. The van der Waals surface area contributed by atoms with Gasteiger partial charge in [0.05, 0.1) is 12.2 Å². The molecule has 3 fully saturated rings. The highest BCUT2D eigenvalue weighted by atomic mass is 16.2. The van der Waals surface area contributed by atoms with Crippen LogP contribution in [-0.4, -0.2) is 50.8 Å². The van der Waals surface area contributed by atoms with Crippen LogP contribution in [0, 0.1) is 5.92 Å². The van der Waals surface area contributed by atoms with Crippen molar-refractivity contribution in [2.75, 3.05) is 13.1 Å². The summed E-state index contributed by atoms with van der Waals surface area (Å²) in [6.45, 7) is 1.66. The third-order valence-corrected chi connectivity index (χ3v) is 6.81. The summed E-state index contributed by atoms with van der Waals surface area (Å²) in [7, 11) is 0. The van der Waals surface area contributed by atoms with Crippen molar-refractivity contribution < 1.29 is 9.59 Å². The zero-order valence-corrected chi connectivity index (χ0v) is 16.8. The fourth-order valence-corrected chi connectivity index (χ4v) is 5.05. The number of carbonyl (C=O) groups excluding carboxylic acids is 2. The van der Waals surface area contributed by atoms with Crippen LogP contribution in [0.5, 0.6) is 0 Å². The van der Waals surface area contributed by atoms with Crippen molar-refractivity contribution in [1.29, 1.82) is 0 Å². The molecule has 7 nitrogen and oxygen atoms in total. The molecule has 28 heavy (non-hydrogen) atoms. The molecule has 0 radical (unpaired) electrons. The summed E-state index contributed by atoms with van der Waals surface area (Å²) in [5.74, 6) is 0.993. The maximum Gasteiger partial charge on any atom is 0.276 e. The Hall–Kier alpha value is -1.92. The molecule has 7 heteroatoms. The second kappa shape index (κ2) is 9.05. The van der Waals surface area contributed by atoms with Gasteiger partial charge in [-0.05, 0) is 50.9 Å². The second-order valence-electron chi connectivity index (χ2n) is 8.85. The lowest BCUT2D eigenvalue weighted by Gasteiger charge is -2.29. The summed E-state index contributed by atoms with van der Waals surface area (Å²) in [4.78, 5) is 26.5. The lowest BCUT2D eigenvalue weighted by atomic mass is 9.91. The summed E-state index contributed by atoms with van der Waals surface area (Å²) in [6.07, 6.45) is 14.8. The van der Waals surface area contributed by atoms with Crippen molar-refractivity contribution in [2.24, 2.45) is 5.92 Å². The van der Waals surface area contributed by atoms with Gasteiger partial charge in [0.1, 0.15) is 0 Å². The minimum atomic E-state index is 0.00645. The van der Waals surface area contributed by atoms with Crippen molar-refractivity contribution in [3.05, 3.63) is 11.9 Å². The van der Waals surface area contributed by atoms with Crippen LogP contribution in [0.1, 0.15) is 93.6 Å². The van der Waals surface area contributed by atoms with E-state index >= 15 is 0 Å². The van der Waals surface area contributed by atoms with Crippen LogP contribution in [0.4, 0.5) is 0 Å². The quantitative estimate of drug-likeness (QED) is 0.813. The van der Waals surface area contributed by atoms with Crippen molar-refractivity contribution in [2.45, 2.75) is 89.1 Å². The summed E-state index contributed by atoms with van der Waals surface area (Å²) in [5.41, 5.74) is 0.462. The first kappa shape index (κ1) is 19.4. The Morgan fingerprint density at radius 2 is 1.71 bits per heavy atom. The van der Waals surface area contributed by atoms with Crippen LogP contribution in [0.2, 0.25) is 0 Å². The number of likely N-dealkylation sites (tertiary alicyclic amines) is 1. The Morgan fingerprint density at radius 3 is 2.43 bits per heavy atom. The number of nitrogens with zero attached hydrogens (tertiary/aromatic N) is 4. The van der Waals surface area contributed by atoms with Crippen molar-refractivity contribution in [3.8, 4) is 0 Å². The SMILES string of the molecule is O=C(CCC1CCCC1)NC1CCC(n2cc(C(=O)N3CCCC3)nn2)CC1. The summed E-state index contributed by atoms with van der Waals surface area (Å²) >= 11 is 0. The predicted octanol–water partition coefficient (Wildman–Crippen LogP) is 3.08. The molecule has 3 aliphatic rings. The number of carbonyl (C=O) groups is 2.